The molecule has 1 aliphatic heterocycles. The van der Waals surface area contributed by atoms with Gasteiger partial charge >= 0.3 is 5.97 Å². The van der Waals surface area contributed by atoms with Gasteiger partial charge in [-0.3, -0.25) is 4.79 Å². The third-order valence-corrected chi connectivity index (χ3v) is 5.80. The van der Waals surface area contributed by atoms with E-state index >= 15 is 0 Å². The molecule has 31 heavy (non-hydrogen) atoms. The van der Waals surface area contributed by atoms with Gasteiger partial charge in [0, 0.05) is 41.7 Å². The van der Waals surface area contributed by atoms with Crippen LogP contribution >= 0.6 is 0 Å². The summed E-state index contributed by atoms with van der Waals surface area (Å²) in [6, 6.07) is 13.3. The lowest BCUT2D eigenvalue weighted by atomic mass is 9.86. The third-order valence-electron chi connectivity index (χ3n) is 5.80. The van der Waals surface area contributed by atoms with Gasteiger partial charge in [0.15, 0.2) is 6.61 Å². The Balaban J connectivity index is 1.51. The van der Waals surface area contributed by atoms with E-state index in [0.29, 0.717) is 18.7 Å². The normalized spacial score (nSPS) is 13.7. The summed E-state index contributed by atoms with van der Waals surface area (Å²) in [7, 11) is 1.37. The topological polar surface area (TPSA) is 71.6 Å². The molecule has 0 saturated heterocycles. The molecule has 0 spiro atoms. The number of hydrogen-bond donors (Lipinski definition) is 1. The Morgan fingerprint density at radius 3 is 2.65 bits per heavy atom. The minimum absolute atomic E-state index is 0.00179. The van der Waals surface area contributed by atoms with Crippen molar-refractivity contribution >= 4 is 22.8 Å². The van der Waals surface area contributed by atoms with E-state index in [-0.39, 0.29) is 23.9 Å². The number of nitrogens with zero attached hydrogens (tertiary/aromatic N) is 1. The van der Waals surface area contributed by atoms with Crippen LogP contribution in [0.2, 0.25) is 0 Å². The number of carbonyl (C=O) groups excluding carboxylic acids is 2. The van der Waals surface area contributed by atoms with Crippen molar-refractivity contribution < 1.29 is 19.1 Å². The molecule has 0 fully saturated rings. The van der Waals surface area contributed by atoms with Gasteiger partial charge in [-0.15, -0.1) is 0 Å². The van der Waals surface area contributed by atoms with Gasteiger partial charge in [0.2, 0.25) is 0 Å². The largest absolute Gasteiger partial charge is 0.483 e. The van der Waals surface area contributed by atoms with Crippen molar-refractivity contribution in [3.63, 3.8) is 0 Å². The number of carbonyl (C=O) groups is 2. The van der Waals surface area contributed by atoms with Crippen molar-refractivity contribution in [2.75, 3.05) is 20.3 Å². The first-order valence-electron chi connectivity index (χ1n) is 10.5. The van der Waals surface area contributed by atoms with Crippen LogP contribution in [0.4, 0.5) is 0 Å². The lowest BCUT2D eigenvalue weighted by Crippen LogP contribution is -2.38. The Kier molecular flexibility index (Phi) is 5.48. The first-order valence-corrected chi connectivity index (χ1v) is 10.5. The number of H-pyrrole nitrogens is 1. The van der Waals surface area contributed by atoms with Crippen LogP contribution in [0.25, 0.3) is 10.9 Å². The SMILES string of the molecule is COC(=O)c1ccc2[nH]c3c(c2c1)CN(C(=O)COc1ccccc1C(C)(C)C)CC3. The Bertz CT molecular complexity index is 1140. The summed E-state index contributed by atoms with van der Waals surface area (Å²) >= 11 is 0. The van der Waals surface area contributed by atoms with Crippen LogP contribution in [0.3, 0.4) is 0 Å². The number of rotatable bonds is 4. The number of hydrogen-bond acceptors (Lipinski definition) is 4. The van der Waals surface area contributed by atoms with E-state index in [1.54, 1.807) is 6.07 Å². The van der Waals surface area contributed by atoms with E-state index in [1.807, 2.05) is 41.3 Å². The van der Waals surface area contributed by atoms with Gasteiger partial charge < -0.3 is 19.4 Å². The molecule has 1 aliphatic rings. The number of aromatic amines is 1. The van der Waals surface area contributed by atoms with Crippen molar-refractivity contribution in [1.82, 2.24) is 9.88 Å². The number of para-hydroxylation sites is 1. The zero-order chi connectivity index (χ0) is 22.2. The molecule has 1 N–H and O–H groups in total. The molecule has 6 nitrogen and oxygen atoms in total. The number of nitrogens with one attached hydrogen (secondary N) is 1. The highest BCUT2D eigenvalue weighted by molar-refractivity contribution is 5.96. The number of methoxy groups -OCH3 is 1. The summed E-state index contributed by atoms with van der Waals surface area (Å²) in [5, 5.41) is 0.953. The molecule has 0 unspecified atom stereocenters. The number of fused-ring (bicyclic) bond motifs is 3. The van der Waals surface area contributed by atoms with E-state index in [4.69, 9.17) is 9.47 Å². The van der Waals surface area contributed by atoms with Gasteiger partial charge in [0.05, 0.1) is 12.7 Å². The Morgan fingerprint density at radius 1 is 1.13 bits per heavy atom. The fourth-order valence-electron chi connectivity index (χ4n) is 4.11. The van der Waals surface area contributed by atoms with Crippen LogP contribution in [0.15, 0.2) is 42.5 Å². The molecule has 1 aromatic heterocycles. The fourth-order valence-corrected chi connectivity index (χ4v) is 4.11. The standard InChI is InChI=1S/C25H28N2O4/c1-25(2,3)19-7-5-6-8-22(19)31-15-23(28)27-12-11-21-18(14-27)17-13-16(24(29)30-4)9-10-20(17)26-21/h5-10,13,26H,11-12,14-15H2,1-4H3. The second-order valence-corrected chi connectivity index (χ2v) is 8.93. The first kappa shape index (κ1) is 21.0. The minimum atomic E-state index is -0.369. The highest BCUT2D eigenvalue weighted by Gasteiger charge is 2.26. The van der Waals surface area contributed by atoms with Gasteiger partial charge in [-0.1, -0.05) is 39.0 Å². The molecule has 3 aromatic rings. The van der Waals surface area contributed by atoms with Gasteiger partial charge in [0.25, 0.3) is 5.91 Å². The Morgan fingerprint density at radius 2 is 1.90 bits per heavy atom. The van der Waals surface area contributed by atoms with Gasteiger partial charge in [-0.2, -0.15) is 0 Å². The molecule has 0 radical (unpaired) electrons. The van der Waals surface area contributed by atoms with Crippen LogP contribution in [0.1, 0.15) is 48.0 Å². The maximum Gasteiger partial charge on any atom is 0.337 e. The number of esters is 1. The summed E-state index contributed by atoms with van der Waals surface area (Å²) in [5.74, 6) is 0.329. The van der Waals surface area contributed by atoms with Crippen molar-refractivity contribution in [3.8, 4) is 5.75 Å². The Hall–Kier alpha value is -3.28. The molecule has 1 amide bonds. The first-order chi connectivity index (χ1) is 14.8. The number of aromatic nitrogens is 1. The summed E-state index contributed by atoms with van der Waals surface area (Å²) < 4.78 is 10.8. The summed E-state index contributed by atoms with van der Waals surface area (Å²) in [6.07, 6.45) is 0.738. The molecule has 0 bridgehead atoms. The molecule has 4 rings (SSSR count). The lowest BCUT2D eigenvalue weighted by Gasteiger charge is -2.28. The highest BCUT2D eigenvalue weighted by Crippen LogP contribution is 2.32. The predicted molar refractivity (Wildman–Crippen MR) is 119 cm³/mol. The minimum Gasteiger partial charge on any atom is -0.483 e. The van der Waals surface area contributed by atoms with Crippen LogP contribution in [0, 0.1) is 0 Å². The van der Waals surface area contributed by atoms with Crippen LogP contribution in [-0.2, 0) is 27.9 Å². The molecule has 162 valence electrons. The molecule has 2 heterocycles. The van der Waals surface area contributed by atoms with Gasteiger partial charge in [-0.05, 0) is 35.2 Å². The summed E-state index contributed by atoms with van der Waals surface area (Å²) in [6.45, 7) is 7.50. The molecular formula is C25H28N2O4. The monoisotopic (exact) mass is 420 g/mol. The van der Waals surface area contributed by atoms with Crippen molar-refractivity contribution in [1.29, 1.82) is 0 Å². The zero-order valence-corrected chi connectivity index (χ0v) is 18.5. The average Bonchev–Trinajstić information content (AvgIpc) is 3.13. The van der Waals surface area contributed by atoms with E-state index < -0.39 is 0 Å². The van der Waals surface area contributed by atoms with Crippen LogP contribution < -0.4 is 4.74 Å². The summed E-state index contributed by atoms with van der Waals surface area (Å²) in [4.78, 5) is 30.1. The molecule has 0 atom stereocenters. The van der Waals surface area contributed by atoms with E-state index in [0.717, 1.165) is 39.9 Å². The van der Waals surface area contributed by atoms with Crippen molar-refractivity contribution in [3.05, 3.63) is 64.8 Å². The van der Waals surface area contributed by atoms with Crippen molar-refractivity contribution in [2.24, 2.45) is 0 Å². The lowest BCUT2D eigenvalue weighted by molar-refractivity contribution is -0.134. The third kappa shape index (κ3) is 4.15. The van der Waals surface area contributed by atoms with E-state index in [1.165, 1.54) is 7.11 Å². The van der Waals surface area contributed by atoms with Gasteiger partial charge in [0.1, 0.15) is 5.75 Å². The zero-order valence-electron chi connectivity index (χ0n) is 18.5. The number of ether oxygens (including phenoxy) is 2. The summed E-state index contributed by atoms with van der Waals surface area (Å²) in [5.41, 5.74) is 4.64. The van der Waals surface area contributed by atoms with Crippen molar-refractivity contribution in [2.45, 2.75) is 39.2 Å². The number of benzene rings is 2. The highest BCUT2D eigenvalue weighted by atomic mass is 16.5. The smallest absolute Gasteiger partial charge is 0.337 e. The van der Waals surface area contributed by atoms with E-state index in [9.17, 15) is 9.59 Å². The second kappa shape index (κ2) is 8.10. The second-order valence-electron chi connectivity index (χ2n) is 8.93. The average molecular weight is 421 g/mol. The van der Waals surface area contributed by atoms with Crippen LogP contribution in [-0.4, -0.2) is 42.0 Å². The predicted octanol–water partition coefficient (Wildman–Crippen LogP) is 4.22. The molecule has 0 aliphatic carbocycles. The van der Waals surface area contributed by atoms with E-state index in [2.05, 4.69) is 25.8 Å². The molecule has 6 heteroatoms. The maximum atomic E-state index is 12.9. The molecule has 0 saturated carbocycles. The molecule has 2 aromatic carbocycles. The Labute approximate surface area is 182 Å². The number of amides is 1. The molecular weight excluding hydrogens is 392 g/mol. The maximum absolute atomic E-state index is 12.9. The van der Waals surface area contributed by atoms with Crippen LogP contribution in [0.5, 0.6) is 5.75 Å². The fraction of sp³-hybridized carbons (Fsp3) is 0.360. The van der Waals surface area contributed by atoms with Gasteiger partial charge in [-0.25, -0.2) is 4.79 Å². The quantitative estimate of drug-likeness (QED) is 0.642.